The van der Waals surface area contributed by atoms with Gasteiger partial charge < -0.3 is 14.9 Å². The summed E-state index contributed by atoms with van der Waals surface area (Å²) in [7, 11) is 0. The Labute approximate surface area is 143 Å². The quantitative estimate of drug-likeness (QED) is 0.908. The number of carbonyl (C=O) groups is 1. The second-order valence-electron chi connectivity index (χ2n) is 7.29. The van der Waals surface area contributed by atoms with Gasteiger partial charge in [0.25, 0.3) is 0 Å². The number of aromatic nitrogens is 2. The molecule has 2 aliphatic heterocycles. The molecule has 0 aromatic carbocycles. The fraction of sp³-hybridized carbons (Fsp3) is 0.722. The van der Waals surface area contributed by atoms with Crippen molar-refractivity contribution in [2.24, 2.45) is 5.41 Å². The van der Waals surface area contributed by atoms with Crippen LogP contribution < -0.4 is 4.90 Å². The molecule has 2 saturated heterocycles. The summed E-state index contributed by atoms with van der Waals surface area (Å²) < 4.78 is 0. The third kappa shape index (κ3) is 3.38. The molecule has 0 radical (unpaired) electrons. The number of hydrogen-bond donors (Lipinski definition) is 1. The number of rotatable bonds is 4. The number of amides is 1. The summed E-state index contributed by atoms with van der Waals surface area (Å²) >= 11 is 0. The summed E-state index contributed by atoms with van der Waals surface area (Å²) in [5.74, 6) is 1.31. The zero-order chi connectivity index (χ0) is 17.2. The van der Waals surface area contributed by atoms with E-state index in [1.54, 1.807) is 6.33 Å². The summed E-state index contributed by atoms with van der Waals surface area (Å²) in [4.78, 5) is 25.2. The number of likely N-dealkylation sites (tertiary alicyclic amines) is 1. The Hall–Kier alpha value is -1.69. The van der Waals surface area contributed by atoms with Crippen LogP contribution in [-0.4, -0.2) is 58.7 Å². The zero-order valence-electron chi connectivity index (χ0n) is 14.8. The van der Waals surface area contributed by atoms with Gasteiger partial charge in [-0.2, -0.15) is 0 Å². The number of aryl methyl sites for hydroxylation is 1. The molecule has 1 aromatic rings. The minimum absolute atomic E-state index is 0.150. The van der Waals surface area contributed by atoms with Crippen LogP contribution in [-0.2, 0) is 4.79 Å². The van der Waals surface area contributed by atoms with Crippen molar-refractivity contribution in [2.45, 2.75) is 46.0 Å². The van der Waals surface area contributed by atoms with E-state index in [9.17, 15) is 4.79 Å². The molecule has 0 saturated carbocycles. The Bertz CT molecular complexity index is 597. The molecule has 6 heteroatoms. The normalized spacial score (nSPS) is 20.7. The van der Waals surface area contributed by atoms with Crippen LogP contribution in [0.2, 0.25) is 0 Å². The van der Waals surface area contributed by atoms with Crippen molar-refractivity contribution in [3.05, 3.63) is 17.6 Å². The van der Waals surface area contributed by atoms with Crippen molar-refractivity contribution >= 4 is 11.7 Å². The molecule has 2 aliphatic rings. The van der Waals surface area contributed by atoms with Crippen molar-refractivity contribution in [3.8, 4) is 0 Å². The van der Waals surface area contributed by atoms with E-state index in [1.807, 2.05) is 11.8 Å². The highest BCUT2D eigenvalue weighted by Gasteiger charge is 2.41. The molecule has 1 spiro atoms. The first kappa shape index (κ1) is 17.1. The Morgan fingerprint density at radius 2 is 1.96 bits per heavy atom. The maximum Gasteiger partial charge on any atom is 0.222 e. The van der Waals surface area contributed by atoms with Crippen LogP contribution in [0.25, 0.3) is 0 Å². The Balaban J connectivity index is 1.65. The largest absolute Gasteiger partial charge is 0.396 e. The van der Waals surface area contributed by atoms with Crippen LogP contribution in [0, 0.1) is 19.3 Å². The third-order valence-electron chi connectivity index (χ3n) is 5.77. The number of hydrogen-bond acceptors (Lipinski definition) is 5. The van der Waals surface area contributed by atoms with Crippen LogP contribution in [0.5, 0.6) is 0 Å². The monoisotopic (exact) mass is 332 g/mol. The van der Waals surface area contributed by atoms with Gasteiger partial charge >= 0.3 is 0 Å². The SMILES string of the molecule is Cc1ncnc(N2CCC3(CCC(=O)N(CCCO)C3)CC2)c1C. The molecule has 0 atom stereocenters. The van der Waals surface area contributed by atoms with Gasteiger partial charge in [-0.25, -0.2) is 9.97 Å². The van der Waals surface area contributed by atoms with Crippen molar-refractivity contribution in [2.75, 3.05) is 37.7 Å². The molecule has 0 aliphatic carbocycles. The lowest BCUT2D eigenvalue weighted by molar-refractivity contribution is -0.138. The molecule has 1 amide bonds. The number of anilines is 1. The van der Waals surface area contributed by atoms with Crippen LogP contribution in [0.3, 0.4) is 0 Å². The van der Waals surface area contributed by atoms with Crippen molar-refractivity contribution in [3.63, 3.8) is 0 Å². The lowest BCUT2D eigenvalue weighted by Crippen LogP contribution is -2.52. The summed E-state index contributed by atoms with van der Waals surface area (Å²) in [6, 6.07) is 0. The van der Waals surface area contributed by atoms with Crippen LogP contribution in [0.1, 0.15) is 43.4 Å². The Morgan fingerprint density at radius 1 is 1.21 bits per heavy atom. The van der Waals surface area contributed by atoms with Crippen molar-refractivity contribution in [1.29, 1.82) is 0 Å². The lowest BCUT2D eigenvalue weighted by Gasteiger charge is -2.48. The molecular weight excluding hydrogens is 304 g/mol. The van der Waals surface area contributed by atoms with Gasteiger partial charge in [0.05, 0.1) is 0 Å². The van der Waals surface area contributed by atoms with Gasteiger partial charge in [-0.15, -0.1) is 0 Å². The predicted molar refractivity (Wildman–Crippen MR) is 92.9 cm³/mol. The second-order valence-corrected chi connectivity index (χ2v) is 7.29. The molecular formula is C18H28N4O2. The zero-order valence-corrected chi connectivity index (χ0v) is 14.8. The Kier molecular flexibility index (Phi) is 5.04. The second kappa shape index (κ2) is 7.05. The van der Waals surface area contributed by atoms with E-state index in [2.05, 4.69) is 21.8 Å². The molecule has 0 bridgehead atoms. The van der Waals surface area contributed by atoms with Gasteiger partial charge in [0, 0.05) is 50.5 Å². The maximum absolute atomic E-state index is 12.1. The Morgan fingerprint density at radius 3 is 2.67 bits per heavy atom. The topological polar surface area (TPSA) is 69.6 Å². The van der Waals surface area contributed by atoms with E-state index in [-0.39, 0.29) is 17.9 Å². The minimum Gasteiger partial charge on any atom is -0.396 e. The van der Waals surface area contributed by atoms with Gasteiger partial charge in [-0.3, -0.25) is 4.79 Å². The standard InChI is InChI=1S/C18H28N4O2/c1-14-15(2)19-13-20-17(14)21-9-6-18(7-10-21)5-4-16(24)22(12-18)8-3-11-23/h13,23H,3-12H2,1-2H3. The van der Waals surface area contributed by atoms with E-state index in [1.165, 1.54) is 0 Å². The summed E-state index contributed by atoms with van der Waals surface area (Å²) in [6.07, 6.45) is 6.16. The summed E-state index contributed by atoms with van der Waals surface area (Å²) in [6.45, 7) is 7.77. The van der Waals surface area contributed by atoms with E-state index in [0.717, 1.165) is 56.0 Å². The highest BCUT2D eigenvalue weighted by atomic mass is 16.3. The number of nitrogens with zero attached hydrogens (tertiary/aromatic N) is 4. The van der Waals surface area contributed by atoms with Crippen molar-refractivity contribution in [1.82, 2.24) is 14.9 Å². The highest BCUT2D eigenvalue weighted by Crippen LogP contribution is 2.41. The molecule has 1 aromatic heterocycles. The van der Waals surface area contributed by atoms with Gasteiger partial charge in [0.15, 0.2) is 0 Å². The molecule has 3 heterocycles. The molecule has 1 N–H and O–H groups in total. The van der Waals surface area contributed by atoms with Gasteiger partial charge in [-0.1, -0.05) is 0 Å². The molecule has 0 unspecified atom stereocenters. The number of aliphatic hydroxyl groups is 1. The molecule has 132 valence electrons. The van der Waals surface area contributed by atoms with Crippen LogP contribution >= 0.6 is 0 Å². The lowest BCUT2D eigenvalue weighted by atomic mass is 9.72. The van der Waals surface area contributed by atoms with E-state index >= 15 is 0 Å². The average Bonchev–Trinajstić information content (AvgIpc) is 2.59. The van der Waals surface area contributed by atoms with Crippen molar-refractivity contribution < 1.29 is 9.90 Å². The number of piperidine rings is 2. The fourth-order valence-electron chi connectivity index (χ4n) is 4.01. The molecule has 24 heavy (non-hydrogen) atoms. The first-order valence-electron chi connectivity index (χ1n) is 8.96. The van der Waals surface area contributed by atoms with E-state index in [4.69, 9.17) is 5.11 Å². The summed E-state index contributed by atoms with van der Waals surface area (Å²) in [5, 5.41) is 9.04. The summed E-state index contributed by atoms with van der Waals surface area (Å²) in [5.41, 5.74) is 2.45. The fourth-order valence-corrected chi connectivity index (χ4v) is 4.01. The smallest absolute Gasteiger partial charge is 0.222 e. The third-order valence-corrected chi connectivity index (χ3v) is 5.77. The van der Waals surface area contributed by atoms with Crippen LogP contribution in [0.15, 0.2) is 6.33 Å². The van der Waals surface area contributed by atoms with Gasteiger partial charge in [0.1, 0.15) is 12.1 Å². The van der Waals surface area contributed by atoms with E-state index in [0.29, 0.717) is 19.4 Å². The predicted octanol–water partition coefficient (Wildman–Crippen LogP) is 1.68. The highest BCUT2D eigenvalue weighted by molar-refractivity contribution is 5.77. The first-order valence-corrected chi connectivity index (χ1v) is 8.96. The average molecular weight is 332 g/mol. The molecule has 3 rings (SSSR count). The molecule has 2 fully saturated rings. The minimum atomic E-state index is 0.150. The number of aliphatic hydroxyl groups excluding tert-OH is 1. The van der Waals surface area contributed by atoms with Gasteiger partial charge in [-0.05, 0) is 44.9 Å². The number of carbonyl (C=O) groups excluding carboxylic acids is 1. The molecule has 6 nitrogen and oxygen atoms in total. The van der Waals surface area contributed by atoms with Gasteiger partial charge in [0.2, 0.25) is 5.91 Å². The van der Waals surface area contributed by atoms with Crippen LogP contribution in [0.4, 0.5) is 5.82 Å². The van der Waals surface area contributed by atoms with E-state index < -0.39 is 0 Å². The maximum atomic E-state index is 12.1. The first-order chi connectivity index (χ1) is 11.5.